The van der Waals surface area contributed by atoms with Crippen LogP contribution in [0, 0.1) is 5.82 Å². The molecule has 2 aromatic carbocycles. The standard InChI is InChI=1S/C17H16ClFO/c1-10(2)14-8-12(11(3)20)9-15(17(14)19)13-6-4-5-7-16(13)18/h4-10H,1-3H3. The van der Waals surface area contributed by atoms with Gasteiger partial charge in [0.1, 0.15) is 5.82 Å². The van der Waals surface area contributed by atoms with E-state index in [1.54, 1.807) is 36.4 Å². The van der Waals surface area contributed by atoms with Gasteiger partial charge in [0.25, 0.3) is 0 Å². The van der Waals surface area contributed by atoms with Gasteiger partial charge >= 0.3 is 0 Å². The van der Waals surface area contributed by atoms with Gasteiger partial charge in [0.05, 0.1) is 0 Å². The minimum absolute atomic E-state index is 0.00413. The zero-order valence-corrected chi connectivity index (χ0v) is 12.5. The lowest BCUT2D eigenvalue weighted by atomic mass is 9.92. The van der Waals surface area contributed by atoms with Gasteiger partial charge in [0.15, 0.2) is 5.78 Å². The summed E-state index contributed by atoms with van der Waals surface area (Å²) in [6, 6.07) is 10.3. The molecular formula is C17H16ClFO. The normalized spacial score (nSPS) is 10.9. The minimum Gasteiger partial charge on any atom is -0.295 e. The molecule has 0 bridgehead atoms. The summed E-state index contributed by atoms with van der Waals surface area (Å²) in [5, 5.41) is 0.474. The number of halogens is 2. The van der Waals surface area contributed by atoms with Gasteiger partial charge in [-0.25, -0.2) is 4.39 Å². The van der Waals surface area contributed by atoms with Crippen LogP contribution in [0.5, 0.6) is 0 Å². The molecule has 0 unspecified atom stereocenters. The first-order chi connectivity index (χ1) is 9.41. The molecule has 2 aromatic rings. The second kappa shape index (κ2) is 5.76. The highest BCUT2D eigenvalue weighted by Gasteiger charge is 2.17. The summed E-state index contributed by atoms with van der Waals surface area (Å²) in [6.07, 6.45) is 0. The van der Waals surface area contributed by atoms with Crippen LogP contribution in [0.4, 0.5) is 4.39 Å². The molecule has 0 saturated carbocycles. The van der Waals surface area contributed by atoms with E-state index in [2.05, 4.69) is 0 Å². The average molecular weight is 291 g/mol. The van der Waals surface area contributed by atoms with E-state index in [0.717, 1.165) is 0 Å². The predicted molar refractivity (Wildman–Crippen MR) is 80.9 cm³/mol. The van der Waals surface area contributed by atoms with Gasteiger partial charge in [-0.2, -0.15) is 0 Å². The third kappa shape index (κ3) is 2.75. The number of rotatable bonds is 3. The Morgan fingerprint density at radius 1 is 1.15 bits per heavy atom. The highest BCUT2D eigenvalue weighted by atomic mass is 35.5. The quantitative estimate of drug-likeness (QED) is 0.685. The summed E-state index contributed by atoms with van der Waals surface area (Å²) in [7, 11) is 0. The lowest BCUT2D eigenvalue weighted by molar-refractivity contribution is 0.101. The first-order valence-corrected chi connectivity index (χ1v) is 6.89. The fourth-order valence-corrected chi connectivity index (χ4v) is 2.38. The van der Waals surface area contributed by atoms with Crippen molar-refractivity contribution >= 4 is 17.4 Å². The van der Waals surface area contributed by atoms with Crippen molar-refractivity contribution in [3.63, 3.8) is 0 Å². The molecule has 104 valence electrons. The molecule has 0 saturated heterocycles. The Hall–Kier alpha value is -1.67. The van der Waals surface area contributed by atoms with Crippen LogP contribution in [0.1, 0.15) is 42.6 Å². The van der Waals surface area contributed by atoms with Crippen LogP contribution in [0.3, 0.4) is 0 Å². The Balaban J connectivity index is 2.75. The zero-order chi connectivity index (χ0) is 14.9. The van der Waals surface area contributed by atoms with Crippen LogP contribution in [0.2, 0.25) is 5.02 Å². The molecule has 0 heterocycles. The van der Waals surface area contributed by atoms with E-state index in [9.17, 15) is 9.18 Å². The van der Waals surface area contributed by atoms with Crippen molar-refractivity contribution in [3.05, 3.63) is 58.4 Å². The van der Waals surface area contributed by atoms with Crippen molar-refractivity contribution in [2.75, 3.05) is 0 Å². The van der Waals surface area contributed by atoms with Gasteiger partial charge in [-0.05, 0) is 36.6 Å². The molecule has 0 amide bonds. The first-order valence-electron chi connectivity index (χ1n) is 6.51. The lowest BCUT2D eigenvalue weighted by Gasteiger charge is -2.14. The fraction of sp³-hybridized carbons (Fsp3) is 0.235. The Morgan fingerprint density at radius 3 is 2.35 bits per heavy atom. The molecule has 0 fully saturated rings. The Morgan fingerprint density at radius 2 is 1.80 bits per heavy atom. The molecular weight excluding hydrogens is 275 g/mol. The van der Waals surface area contributed by atoms with E-state index in [-0.39, 0.29) is 17.5 Å². The van der Waals surface area contributed by atoms with Crippen molar-refractivity contribution in [2.24, 2.45) is 0 Å². The molecule has 0 aliphatic carbocycles. The molecule has 0 atom stereocenters. The van der Waals surface area contributed by atoms with Gasteiger partial charge in [0, 0.05) is 21.7 Å². The van der Waals surface area contributed by atoms with Crippen LogP contribution in [-0.4, -0.2) is 5.78 Å². The highest BCUT2D eigenvalue weighted by Crippen LogP contribution is 2.34. The Labute approximate surface area is 123 Å². The highest BCUT2D eigenvalue weighted by molar-refractivity contribution is 6.33. The average Bonchev–Trinajstić information content (AvgIpc) is 2.39. The van der Waals surface area contributed by atoms with Crippen molar-refractivity contribution in [3.8, 4) is 11.1 Å². The molecule has 0 aliphatic heterocycles. The van der Waals surface area contributed by atoms with Crippen LogP contribution < -0.4 is 0 Å². The number of ketones is 1. The Bertz CT molecular complexity index is 662. The minimum atomic E-state index is -0.307. The fourth-order valence-electron chi connectivity index (χ4n) is 2.15. The summed E-state index contributed by atoms with van der Waals surface area (Å²) in [4.78, 5) is 11.6. The SMILES string of the molecule is CC(=O)c1cc(-c2ccccc2Cl)c(F)c(C(C)C)c1. The van der Waals surface area contributed by atoms with Gasteiger partial charge in [-0.3, -0.25) is 4.79 Å². The van der Waals surface area contributed by atoms with Crippen LogP contribution in [-0.2, 0) is 0 Å². The third-order valence-electron chi connectivity index (χ3n) is 3.29. The second-order valence-electron chi connectivity index (χ2n) is 5.12. The summed E-state index contributed by atoms with van der Waals surface area (Å²) >= 11 is 6.14. The van der Waals surface area contributed by atoms with Gasteiger partial charge in [0.2, 0.25) is 0 Å². The van der Waals surface area contributed by atoms with E-state index in [1.165, 1.54) is 6.92 Å². The predicted octanol–water partition coefficient (Wildman–Crippen LogP) is 5.47. The zero-order valence-electron chi connectivity index (χ0n) is 11.7. The van der Waals surface area contributed by atoms with Crippen molar-refractivity contribution in [1.82, 2.24) is 0 Å². The molecule has 2 rings (SSSR count). The lowest BCUT2D eigenvalue weighted by Crippen LogP contribution is -2.02. The molecule has 0 aromatic heterocycles. The summed E-state index contributed by atoms with van der Waals surface area (Å²) in [5.41, 5.74) is 2.03. The topological polar surface area (TPSA) is 17.1 Å². The molecule has 20 heavy (non-hydrogen) atoms. The van der Waals surface area contributed by atoms with E-state index in [1.807, 2.05) is 13.8 Å². The van der Waals surface area contributed by atoms with Crippen molar-refractivity contribution in [1.29, 1.82) is 0 Å². The van der Waals surface area contributed by atoms with Crippen molar-refractivity contribution in [2.45, 2.75) is 26.7 Å². The molecule has 0 aliphatic rings. The van der Waals surface area contributed by atoms with Crippen molar-refractivity contribution < 1.29 is 9.18 Å². The maximum Gasteiger partial charge on any atom is 0.159 e. The third-order valence-corrected chi connectivity index (χ3v) is 3.62. The maximum atomic E-state index is 14.7. The van der Waals surface area contributed by atoms with Crippen LogP contribution >= 0.6 is 11.6 Å². The molecule has 0 spiro atoms. The first kappa shape index (κ1) is 14.7. The van der Waals surface area contributed by atoms with E-state index < -0.39 is 0 Å². The van der Waals surface area contributed by atoms with E-state index >= 15 is 0 Å². The second-order valence-corrected chi connectivity index (χ2v) is 5.52. The molecule has 0 N–H and O–H groups in total. The van der Waals surface area contributed by atoms with E-state index in [0.29, 0.717) is 27.3 Å². The smallest absolute Gasteiger partial charge is 0.159 e. The molecule has 1 nitrogen and oxygen atoms in total. The largest absolute Gasteiger partial charge is 0.295 e. The maximum absolute atomic E-state index is 14.7. The van der Waals surface area contributed by atoms with Gasteiger partial charge in [-0.15, -0.1) is 0 Å². The number of Topliss-reactive ketones (excluding diaryl/α,β-unsaturated/α-hetero) is 1. The summed E-state index contributed by atoms with van der Waals surface area (Å²) in [5.74, 6) is -0.395. The van der Waals surface area contributed by atoms with E-state index in [4.69, 9.17) is 11.6 Å². The van der Waals surface area contributed by atoms with Crippen LogP contribution in [0.15, 0.2) is 36.4 Å². The number of carbonyl (C=O) groups excluding carboxylic acids is 1. The number of carbonyl (C=O) groups is 1. The molecule has 0 radical (unpaired) electrons. The monoisotopic (exact) mass is 290 g/mol. The Kier molecular flexibility index (Phi) is 4.24. The number of hydrogen-bond donors (Lipinski definition) is 0. The van der Waals surface area contributed by atoms with Gasteiger partial charge < -0.3 is 0 Å². The number of benzene rings is 2. The number of hydrogen-bond acceptors (Lipinski definition) is 1. The molecule has 3 heteroatoms. The summed E-state index contributed by atoms with van der Waals surface area (Å²) in [6.45, 7) is 5.28. The van der Waals surface area contributed by atoms with Crippen LogP contribution in [0.25, 0.3) is 11.1 Å². The summed E-state index contributed by atoms with van der Waals surface area (Å²) < 4.78 is 14.7. The van der Waals surface area contributed by atoms with Gasteiger partial charge in [-0.1, -0.05) is 43.6 Å².